The maximum absolute atomic E-state index is 12.2. The topological polar surface area (TPSA) is 88.7 Å². The third-order valence-corrected chi connectivity index (χ3v) is 5.19. The molecular formula is C20H22N4O3S. The van der Waals surface area contributed by atoms with E-state index in [4.69, 9.17) is 4.74 Å². The van der Waals surface area contributed by atoms with E-state index in [1.165, 1.54) is 24.9 Å². The Balaban J connectivity index is 1.64. The minimum atomic E-state index is -0.218. The Morgan fingerprint density at radius 1 is 1.32 bits per heavy atom. The molecule has 146 valence electrons. The number of methoxy groups -OCH3 is 1. The highest BCUT2D eigenvalue weighted by Crippen LogP contribution is 2.26. The quantitative estimate of drug-likeness (QED) is 0.362. The Bertz CT molecular complexity index is 1030. The van der Waals surface area contributed by atoms with E-state index in [1.807, 2.05) is 24.3 Å². The van der Waals surface area contributed by atoms with Crippen molar-refractivity contribution in [3.05, 3.63) is 48.0 Å². The van der Waals surface area contributed by atoms with Gasteiger partial charge in [-0.3, -0.25) is 4.79 Å². The number of aromatic nitrogens is 2. The van der Waals surface area contributed by atoms with Crippen LogP contribution in [-0.4, -0.2) is 39.1 Å². The molecule has 3 rings (SSSR count). The molecule has 28 heavy (non-hydrogen) atoms. The number of carbonyl (C=O) groups is 1. The van der Waals surface area contributed by atoms with Crippen LogP contribution in [0.3, 0.4) is 0 Å². The summed E-state index contributed by atoms with van der Waals surface area (Å²) in [5.41, 5.74) is 5.89. The summed E-state index contributed by atoms with van der Waals surface area (Å²) < 4.78 is 7.18. The van der Waals surface area contributed by atoms with E-state index in [0.717, 1.165) is 28.3 Å². The molecule has 3 aromatic rings. The van der Waals surface area contributed by atoms with Crippen LogP contribution in [0.5, 0.6) is 11.5 Å². The van der Waals surface area contributed by atoms with Gasteiger partial charge in [0.2, 0.25) is 0 Å². The van der Waals surface area contributed by atoms with E-state index < -0.39 is 0 Å². The first-order chi connectivity index (χ1) is 13.5. The van der Waals surface area contributed by atoms with Crippen LogP contribution in [0.1, 0.15) is 19.4 Å². The molecule has 2 N–H and O–H groups in total. The van der Waals surface area contributed by atoms with E-state index in [2.05, 4.69) is 27.0 Å². The van der Waals surface area contributed by atoms with Gasteiger partial charge in [0.15, 0.2) is 16.7 Å². The van der Waals surface area contributed by atoms with E-state index in [9.17, 15) is 9.90 Å². The molecule has 0 saturated carbocycles. The number of fused-ring (bicyclic) bond motifs is 1. The van der Waals surface area contributed by atoms with Crippen LogP contribution in [0.4, 0.5) is 0 Å². The smallest absolute Gasteiger partial charge is 0.250 e. The maximum atomic E-state index is 12.2. The highest BCUT2D eigenvalue weighted by atomic mass is 32.2. The lowest BCUT2D eigenvalue weighted by Gasteiger charge is -2.07. The molecule has 7 nitrogen and oxygen atoms in total. The molecule has 0 radical (unpaired) electrons. The fourth-order valence-corrected chi connectivity index (χ4v) is 3.62. The number of hydrogen-bond acceptors (Lipinski definition) is 6. The molecule has 1 aromatic heterocycles. The fourth-order valence-electron chi connectivity index (χ4n) is 2.74. The number of carbonyl (C=O) groups excluding carboxylic acids is 1. The molecule has 1 amide bonds. The zero-order valence-corrected chi connectivity index (χ0v) is 16.8. The van der Waals surface area contributed by atoms with E-state index in [1.54, 1.807) is 19.1 Å². The minimum Gasteiger partial charge on any atom is -0.504 e. The Kier molecular flexibility index (Phi) is 6.20. The summed E-state index contributed by atoms with van der Waals surface area (Å²) in [6, 6.07) is 12.8. The van der Waals surface area contributed by atoms with Crippen molar-refractivity contribution >= 4 is 34.4 Å². The second-order valence-electron chi connectivity index (χ2n) is 6.03. The largest absolute Gasteiger partial charge is 0.504 e. The van der Waals surface area contributed by atoms with Gasteiger partial charge in [-0.1, -0.05) is 23.9 Å². The van der Waals surface area contributed by atoms with Crippen LogP contribution >= 0.6 is 11.8 Å². The van der Waals surface area contributed by atoms with Crippen molar-refractivity contribution < 1.29 is 14.6 Å². The van der Waals surface area contributed by atoms with Crippen molar-refractivity contribution in [3.63, 3.8) is 0 Å². The van der Waals surface area contributed by atoms with E-state index in [-0.39, 0.29) is 17.4 Å². The zero-order valence-electron chi connectivity index (χ0n) is 16.0. The molecule has 0 bridgehead atoms. The summed E-state index contributed by atoms with van der Waals surface area (Å²) in [5, 5.41) is 14.6. The third kappa shape index (κ3) is 4.28. The number of imidazole rings is 1. The molecule has 0 aliphatic rings. The molecule has 2 aromatic carbocycles. The summed E-state index contributed by atoms with van der Waals surface area (Å²) in [6.07, 6.45) is 0. The second-order valence-corrected chi connectivity index (χ2v) is 6.98. The lowest BCUT2D eigenvalue weighted by atomic mass is 10.1. The number of aromatic hydroxyl groups is 1. The Hall–Kier alpha value is -3.00. The monoisotopic (exact) mass is 398 g/mol. The molecule has 0 spiro atoms. The first-order valence-corrected chi connectivity index (χ1v) is 9.80. The highest BCUT2D eigenvalue weighted by Gasteiger charge is 2.12. The van der Waals surface area contributed by atoms with Gasteiger partial charge in [0.05, 0.1) is 29.6 Å². The number of benzene rings is 2. The predicted molar refractivity (Wildman–Crippen MR) is 111 cm³/mol. The van der Waals surface area contributed by atoms with Gasteiger partial charge >= 0.3 is 0 Å². The Morgan fingerprint density at radius 2 is 2.11 bits per heavy atom. The minimum absolute atomic E-state index is 0.0540. The number of aryl methyl sites for hydroxylation is 1. The van der Waals surface area contributed by atoms with Gasteiger partial charge in [-0.05, 0) is 44.2 Å². The first-order valence-electron chi connectivity index (χ1n) is 8.82. The summed E-state index contributed by atoms with van der Waals surface area (Å²) >= 11 is 1.38. The predicted octanol–water partition coefficient (Wildman–Crippen LogP) is 3.40. The van der Waals surface area contributed by atoms with Crippen LogP contribution in [0.25, 0.3) is 11.0 Å². The summed E-state index contributed by atoms with van der Waals surface area (Å²) in [7, 11) is 1.48. The van der Waals surface area contributed by atoms with Gasteiger partial charge in [-0.15, -0.1) is 0 Å². The van der Waals surface area contributed by atoms with Gasteiger partial charge in [0, 0.05) is 12.1 Å². The van der Waals surface area contributed by atoms with Crippen molar-refractivity contribution in [1.82, 2.24) is 15.0 Å². The molecule has 0 aliphatic heterocycles. The highest BCUT2D eigenvalue weighted by molar-refractivity contribution is 7.99. The number of phenolic OH excluding ortho intramolecular Hbond substituents is 1. The second kappa shape index (κ2) is 8.79. The van der Waals surface area contributed by atoms with E-state index in [0.29, 0.717) is 11.5 Å². The molecule has 0 fully saturated rings. The van der Waals surface area contributed by atoms with Gasteiger partial charge in [-0.2, -0.15) is 5.10 Å². The zero-order chi connectivity index (χ0) is 20.1. The summed E-state index contributed by atoms with van der Waals surface area (Å²) in [5.74, 6) is 0.398. The average molecular weight is 398 g/mol. The number of ether oxygens (including phenoxy) is 1. The fraction of sp³-hybridized carbons (Fsp3) is 0.250. The third-order valence-electron chi connectivity index (χ3n) is 4.21. The number of hydrazone groups is 1. The van der Waals surface area contributed by atoms with Crippen LogP contribution in [0, 0.1) is 0 Å². The number of nitrogens with zero attached hydrogens (tertiary/aromatic N) is 3. The Morgan fingerprint density at radius 3 is 2.86 bits per heavy atom. The first kappa shape index (κ1) is 19.8. The molecular weight excluding hydrogens is 376 g/mol. The van der Waals surface area contributed by atoms with Crippen molar-refractivity contribution in [1.29, 1.82) is 0 Å². The number of phenols is 1. The standard InChI is InChI=1S/C20H22N4O3S/c1-4-24-16-8-6-5-7-15(16)21-20(24)28-12-19(26)23-22-13(2)14-9-10-17(25)18(11-14)27-3/h5-11,25H,4,12H2,1-3H3,(H,23,26)/b22-13+. The molecule has 1 heterocycles. The number of thioether (sulfide) groups is 1. The molecule has 0 unspecified atom stereocenters. The van der Waals surface area contributed by atoms with Crippen LogP contribution in [0.15, 0.2) is 52.7 Å². The summed E-state index contributed by atoms with van der Waals surface area (Å²) in [6.45, 7) is 4.61. The van der Waals surface area contributed by atoms with Crippen LogP contribution < -0.4 is 10.2 Å². The summed E-state index contributed by atoms with van der Waals surface area (Å²) in [4.78, 5) is 16.8. The normalized spacial score (nSPS) is 11.6. The van der Waals surface area contributed by atoms with Crippen LogP contribution in [-0.2, 0) is 11.3 Å². The number of hydrogen-bond donors (Lipinski definition) is 2. The maximum Gasteiger partial charge on any atom is 0.250 e. The van der Waals surface area contributed by atoms with Gasteiger partial charge < -0.3 is 14.4 Å². The SMILES string of the molecule is CCn1c(SCC(=O)N/N=C(\C)c2ccc(O)c(OC)c2)nc2ccccc21. The van der Waals surface area contributed by atoms with Gasteiger partial charge in [0.1, 0.15) is 0 Å². The molecule has 0 saturated heterocycles. The lowest BCUT2D eigenvalue weighted by Crippen LogP contribution is -2.21. The number of amides is 1. The van der Waals surface area contributed by atoms with Gasteiger partial charge in [-0.25, -0.2) is 10.4 Å². The Labute approximate surface area is 167 Å². The molecule has 0 aliphatic carbocycles. The van der Waals surface area contributed by atoms with Crippen molar-refractivity contribution in [2.24, 2.45) is 5.10 Å². The number of nitrogens with one attached hydrogen (secondary N) is 1. The van der Waals surface area contributed by atoms with Crippen molar-refractivity contribution in [2.45, 2.75) is 25.5 Å². The van der Waals surface area contributed by atoms with Crippen LogP contribution in [0.2, 0.25) is 0 Å². The average Bonchev–Trinajstić information content (AvgIpc) is 3.08. The number of para-hydroxylation sites is 2. The van der Waals surface area contributed by atoms with Gasteiger partial charge in [0.25, 0.3) is 5.91 Å². The number of rotatable bonds is 7. The van der Waals surface area contributed by atoms with E-state index >= 15 is 0 Å². The molecule has 0 atom stereocenters. The molecule has 8 heteroatoms. The lowest BCUT2D eigenvalue weighted by molar-refractivity contribution is -0.118. The van der Waals surface area contributed by atoms with Crippen molar-refractivity contribution in [3.8, 4) is 11.5 Å². The van der Waals surface area contributed by atoms with Crippen molar-refractivity contribution in [2.75, 3.05) is 12.9 Å².